The van der Waals surface area contributed by atoms with Gasteiger partial charge >= 0.3 is 12.1 Å². The molecule has 0 bridgehead atoms. The molecule has 0 atom stereocenters. The molecule has 2 aromatic carbocycles. The van der Waals surface area contributed by atoms with Gasteiger partial charge in [0, 0.05) is 41.9 Å². The molecule has 2 aliphatic rings. The average molecular weight is 612 g/mol. The number of aromatic nitrogens is 2. The van der Waals surface area contributed by atoms with E-state index in [0.717, 1.165) is 40.6 Å². The maximum absolute atomic E-state index is 12.8. The number of carbonyl (C=O) groups is 2. The van der Waals surface area contributed by atoms with Crippen molar-refractivity contribution >= 4 is 34.5 Å². The maximum Gasteiger partial charge on any atom is 0.416 e. The third kappa shape index (κ3) is 6.74. The quantitative estimate of drug-likeness (QED) is 0.164. The Balaban J connectivity index is 1.18. The Kier molecular flexibility index (Phi) is 8.38. The summed E-state index contributed by atoms with van der Waals surface area (Å²) >= 11 is 0. The van der Waals surface area contributed by atoms with E-state index in [4.69, 9.17) is 28.7 Å². The van der Waals surface area contributed by atoms with Gasteiger partial charge in [0.25, 0.3) is 0 Å². The Bertz CT molecular complexity index is 1770. The van der Waals surface area contributed by atoms with Crippen molar-refractivity contribution in [3.05, 3.63) is 83.7 Å². The van der Waals surface area contributed by atoms with Gasteiger partial charge in [-0.3, -0.25) is 4.90 Å². The van der Waals surface area contributed by atoms with Gasteiger partial charge < -0.3 is 28.3 Å². The zero-order valence-electron chi connectivity index (χ0n) is 26.0. The van der Waals surface area contributed by atoms with E-state index in [1.807, 2.05) is 86.1 Å². The van der Waals surface area contributed by atoms with Crippen molar-refractivity contribution in [2.45, 2.75) is 52.6 Å². The number of pyridine rings is 1. The van der Waals surface area contributed by atoms with Gasteiger partial charge in [-0.1, -0.05) is 6.07 Å². The lowest BCUT2D eigenvalue weighted by Gasteiger charge is -2.31. The molecule has 10 nitrogen and oxygen atoms in total. The highest BCUT2D eigenvalue weighted by Crippen LogP contribution is 2.36. The third-order valence-corrected chi connectivity index (χ3v) is 7.47. The second-order valence-electron chi connectivity index (χ2n) is 11.9. The lowest BCUT2D eigenvalue weighted by atomic mass is 10.1. The van der Waals surface area contributed by atoms with Crippen LogP contribution in [-0.2, 0) is 27.1 Å². The number of nitrogens with zero attached hydrogens (tertiary/aromatic N) is 3. The summed E-state index contributed by atoms with van der Waals surface area (Å²) < 4.78 is 30.0. The van der Waals surface area contributed by atoms with Crippen molar-refractivity contribution in [2.24, 2.45) is 0 Å². The molecule has 4 heterocycles. The Morgan fingerprint density at radius 3 is 2.69 bits per heavy atom. The number of amides is 1. The Hall–Kier alpha value is -4.99. The summed E-state index contributed by atoms with van der Waals surface area (Å²) in [6.45, 7) is 8.80. The van der Waals surface area contributed by atoms with Crippen molar-refractivity contribution in [2.75, 3.05) is 31.5 Å². The second-order valence-corrected chi connectivity index (χ2v) is 11.9. The summed E-state index contributed by atoms with van der Waals surface area (Å²) in [7, 11) is 0. The van der Waals surface area contributed by atoms with E-state index in [1.54, 1.807) is 11.8 Å². The standard InChI is InChI=1S/C35H37N3O7/c1-5-41-32(39)21-29(24-9-13-30-31(20-24)44-22-43-30)37-17-14-25-19-27(11-12-28(25)37)42-18-15-26-10-8-23-7-6-16-38(33(23)36-26)34(40)45-35(2,3)4/h8-14,17,19-21H,5-7,15-16,18,22H2,1-4H3. The minimum atomic E-state index is -0.576. The minimum absolute atomic E-state index is 0.165. The van der Waals surface area contributed by atoms with E-state index < -0.39 is 11.6 Å². The molecule has 234 valence electrons. The summed E-state index contributed by atoms with van der Waals surface area (Å²) in [5.74, 6) is 2.24. The number of rotatable bonds is 8. The molecule has 4 aromatic rings. The van der Waals surface area contributed by atoms with Gasteiger partial charge in [-0.15, -0.1) is 0 Å². The fourth-order valence-corrected chi connectivity index (χ4v) is 5.45. The summed E-state index contributed by atoms with van der Waals surface area (Å²) in [6.07, 6.45) is 5.35. The molecule has 10 heteroatoms. The highest BCUT2D eigenvalue weighted by atomic mass is 16.7. The molecule has 0 unspecified atom stereocenters. The summed E-state index contributed by atoms with van der Waals surface area (Å²) in [5.41, 5.74) is 3.64. The number of aryl methyl sites for hydroxylation is 1. The van der Waals surface area contributed by atoms with Crippen molar-refractivity contribution in [1.82, 2.24) is 9.55 Å². The summed E-state index contributed by atoms with van der Waals surface area (Å²) in [6, 6.07) is 17.4. The molecule has 6 rings (SSSR count). The molecule has 2 aromatic heterocycles. The molecule has 1 amide bonds. The third-order valence-electron chi connectivity index (χ3n) is 7.47. The summed E-state index contributed by atoms with van der Waals surface area (Å²) in [4.78, 5) is 31.9. The Labute approximate surface area is 262 Å². The first-order valence-corrected chi connectivity index (χ1v) is 15.2. The molecule has 0 saturated carbocycles. The van der Waals surface area contributed by atoms with Crippen LogP contribution >= 0.6 is 0 Å². The predicted octanol–water partition coefficient (Wildman–Crippen LogP) is 6.53. The first-order chi connectivity index (χ1) is 21.7. The fourth-order valence-electron chi connectivity index (χ4n) is 5.45. The highest BCUT2D eigenvalue weighted by Gasteiger charge is 2.28. The van der Waals surface area contributed by atoms with Crippen LogP contribution in [0.5, 0.6) is 17.2 Å². The van der Waals surface area contributed by atoms with E-state index in [1.165, 1.54) is 6.08 Å². The van der Waals surface area contributed by atoms with Gasteiger partial charge in [-0.05, 0) is 94.6 Å². The molecule has 0 saturated heterocycles. The molecule has 0 N–H and O–H groups in total. The first kappa shape index (κ1) is 30.1. The lowest BCUT2D eigenvalue weighted by Crippen LogP contribution is -2.40. The number of hydrogen-bond acceptors (Lipinski definition) is 8. The highest BCUT2D eigenvalue weighted by molar-refractivity contribution is 5.95. The smallest absolute Gasteiger partial charge is 0.416 e. The molecule has 0 spiro atoms. The SMILES string of the molecule is CCOC(=O)C=C(c1ccc2c(c1)OCO2)n1ccc2cc(OCCc3ccc4c(n3)N(C(=O)OC(C)(C)C)CCC4)ccc21. The van der Waals surface area contributed by atoms with E-state index in [0.29, 0.717) is 48.3 Å². The van der Waals surface area contributed by atoms with Crippen LogP contribution in [-0.4, -0.2) is 53.8 Å². The van der Waals surface area contributed by atoms with E-state index in [-0.39, 0.29) is 19.5 Å². The zero-order valence-corrected chi connectivity index (χ0v) is 26.0. The van der Waals surface area contributed by atoms with Crippen LogP contribution in [0.1, 0.15) is 50.9 Å². The van der Waals surface area contributed by atoms with Gasteiger partial charge in [0.1, 0.15) is 17.2 Å². The van der Waals surface area contributed by atoms with Gasteiger partial charge in [0.2, 0.25) is 6.79 Å². The van der Waals surface area contributed by atoms with E-state index in [9.17, 15) is 9.59 Å². The van der Waals surface area contributed by atoms with Crippen LogP contribution < -0.4 is 19.1 Å². The number of esters is 1. The Morgan fingerprint density at radius 2 is 1.87 bits per heavy atom. The number of ether oxygens (including phenoxy) is 5. The Morgan fingerprint density at radius 1 is 1.02 bits per heavy atom. The number of fused-ring (bicyclic) bond motifs is 3. The van der Waals surface area contributed by atoms with Gasteiger partial charge in [0.15, 0.2) is 11.5 Å². The number of benzene rings is 2. The monoisotopic (exact) mass is 611 g/mol. The van der Waals surface area contributed by atoms with Crippen LogP contribution in [0.3, 0.4) is 0 Å². The molecule has 0 fully saturated rings. The molecular formula is C35H37N3O7. The van der Waals surface area contributed by atoms with E-state index in [2.05, 4.69) is 0 Å². The van der Waals surface area contributed by atoms with Crippen LogP contribution in [0.15, 0.2) is 66.9 Å². The first-order valence-electron chi connectivity index (χ1n) is 15.2. The summed E-state index contributed by atoms with van der Waals surface area (Å²) in [5, 5.41) is 0.947. The second kappa shape index (κ2) is 12.6. The largest absolute Gasteiger partial charge is 0.493 e. The molecule has 45 heavy (non-hydrogen) atoms. The van der Waals surface area contributed by atoms with Crippen molar-refractivity contribution in [3.63, 3.8) is 0 Å². The van der Waals surface area contributed by atoms with Crippen molar-refractivity contribution < 1.29 is 33.3 Å². The average Bonchev–Trinajstić information content (AvgIpc) is 3.65. The normalized spacial score (nSPS) is 14.3. The number of anilines is 1. The minimum Gasteiger partial charge on any atom is -0.493 e. The van der Waals surface area contributed by atoms with Crippen molar-refractivity contribution in [1.29, 1.82) is 0 Å². The molecular weight excluding hydrogens is 574 g/mol. The predicted molar refractivity (Wildman–Crippen MR) is 170 cm³/mol. The molecule has 2 aliphatic heterocycles. The van der Waals surface area contributed by atoms with Crippen LogP contribution in [0.2, 0.25) is 0 Å². The van der Waals surface area contributed by atoms with E-state index >= 15 is 0 Å². The number of hydrogen-bond donors (Lipinski definition) is 0. The molecule has 0 radical (unpaired) electrons. The van der Waals surface area contributed by atoms with Crippen LogP contribution in [0.25, 0.3) is 16.6 Å². The lowest BCUT2D eigenvalue weighted by molar-refractivity contribution is -0.137. The van der Waals surface area contributed by atoms with Crippen LogP contribution in [0, 0.1) is 0 Å². The van der Waals surface area contributed by atoms with Crippen molar-refractivity contribution in [3.8, 4) is 17.2 Å². The van der Waals surface area contributed by atoms with Gasteiger partial charge in [-0.2, -0.15) is 0 Å². The fraction of sp³-hybridized carbons (Fsp3) is 0.343. The topological polar surface area (TPSA) is 101 Å². The number of carbonyl (C=O) groups excluding carboxylic acids is 2. The van der Waals surface area contributed by atoms with Gasteiger partial charge in [-0.25, -0.2) is 14.6 Å². The maximum atomic E-state index is 12.8. The van der Waals surface area contributed by atoms with Gasteiger partial charge in [0.05, 0.1) is 24.4 Å². The van der Waals surface area contributed by atoms with Crippen LogP contribution in [0.4, 0.5) is 10.6 Å². The molecule has 0 aliphatic carbocycles. The zero-order chi connectivity index (χ0) is 31.6.